The van der Waals surface area contributed by atoms with E-state index in [2.05, 4.69) is 9.88 Å². The van der Waals surface area contributed by atoms with E-state index in [4.69, 9.17) is 21.1 Å². The second-order valence-electron chi connectivity index (χ2n) is 7.59. The van der Waals surface area contributed by atoms with E-state index in [1.807, 2.05) is 23.1 Å². The molecule has 0 radical (unpaired) electrons. The van der Waals surface area contributed by atoms with Gasteiger partial charge in [0.25, 0.3) is 0 Å². The minimum Gasteiger partial charge on any atom is -0.454 e. The number of carbonyl (C=O) groups excluding carboxylic acids is 2. The van der Waals surface area contributed by atoms with Gasteiger partial charge in [-0.25, -0.2) is 4.98 Å². The van der Waals surface area contributed by atoms with Crippen LogP contribution in [-0.2, 0) is 9.59 Å². The van der Waals surface area contributed by atoms with Gasteiger partial charge in [-0.2, -0.15) is 0 Å². The van der Waals surface area contributed by atoms with Crippen LogP contribution < -0.4 is 19.3 Å². The Balaban J connectivity index is 1.21. The van der Waals surface area contributed by atoms with Crippen LogP contribution in [-0.4, -0.2) is 61.2 Å². The normalized spacial score (nSPS) is 20.8. The van der Waals surface area contributed by atoms with Crippen molar-refractivity contribution in [2.24, 2.45) is 5.92 Å². The number of piperazine rings is 1. The molecule has 2 aromatic rings. The van der Waals surface area contributed by atoms with Gasteiger partial charge in [-0.1, -0.05) is 11.6 Å². The average molecular weight is 429 g/mol. The maximum absolute atomic E-state index is 13.0. The second kappa shape index (κ2) is 7.68. The maximum atomic E-state index is 13.0. The van der Waals surface area contributed by atoms with Crippen LogP contribution in [0, 0.1) is 5.92 Å². The molecule has 1 atom stereocenters. The third-order valence-electron chi connectivity index (χ3n) is 5.77. The van der Waals surface area contributed by atoms with Crippen molar-refractivity contribution in [3.05, 3.63) is 41.6 Å². The van der Waals surface area contributed by atoms with E-state index < -0.39 is 0 Å². The summed E-state index contributed by atoms with van der Waals surface area (Å²) >= 11 is 5.90. The molecule has 1 aromatic carbocycles. The van der Waals surface area contributed by atoms with Gasteiger partial charge < -0.3 is 24.2 Å². The standard InChI is InChI=1S/C21H21ClN4O4/c22-15-1-4-19(23-11-15)24-5-7-25(8-6-24)21(28)14-9-20(27)26(12-14)16-2-3-17-18(10-16)30-13-29-17/h1-4,10-11,14H,5-9,12-13H2. The van der Waals surface area contributed by atoms with Gasteiger partial charge in [0.1, 0.15) is 5.82 Å². The molecule has 156 valence electrons. The molecule has 30 heavy (non-hydrogen) atoms. The van der Waals surface area contributed by atoms with Crippen molar-refractivity contribution in [1.29, 1.82) is 0 Å². The molecule has 8 nitrogen and oxygen atoms in total. The summed E-state index contributed by atoms with van der Waals surface area (Å²) in [4.78, 5) is 35.6. The molecule has 0 aliphatic carbocycles. The van der Waals surface area contributed by atoms with Crippen LogP contribution in [0.4, 0.5) is 11.5 Å². The number of fused-ring (bicyclic) bond motifs is 1. The molecule has 0 saturated carbocycles. The van der Waals surface area contributed by atoms with Gasteiger partial charge in [0.2, 0.25) is 18.6 Å². The third kappa shape index (κ3) is 3.52. The van der Waals surface area contributed by atoms with Crippen molar-refractivity contribution in [2.45, 2.75) is 6.42 Å². The first-order valence-electron chi connectivity index (χ1n) is 9.94. The molecule has 1 aromatic heterocycles. The van der Waals surface area contributed by atoms with Gasteiger partial charge in [-0.15, -0.1) is 0 Å². The molecule has 2 saturated heterocycles. The van der Waals surface area contributed by atoms with Crippen LogP contribution in [0.2, 0.25) is 5.02 Å². The summed E-state index contributed by atoms with van der Waals surface area (Å²) in [6.07, 6.45) is 1.86. The minimum atomic E-state index is -0.330. The van der Waals surface area contributed by atoms with Crippen molar-refractivity contribution in [3.63, 3.8) is 0 Å². The summed E-state index contributed by atoms with van der Waals surface area (Å²) in [5.41, 5.74) is 0.734. The molecule has 3 aliphatic heterocycles. The highest BCUT2D eigenvalue weighted by atomic mass is 35.5. The van der Waals surface area contributed by atoms with E-state index in [0.29, 0.717) is 49.2 Å². The van der Waals surface area contributed by atoms with Crippen molar-refractivity contribution in [2.75, 3.05) is 49.3 Å². The number of carbonyl (C=O) groups is 2. The predicted octanol–water partition coefficient (Wildman–Crippen LogP) is 2.17. The first kappa shape index (κ1) is 19.0. The minimum absolute atomic E-state index is 0.0373. The third-order valence-corrected chi connectivity index (χ3v) is 5.99. The highest BCUT2D eigenvalue weighted by Crippen LogP contribution is 2.37. The first-order chi connectivity index (χ1) is 14.6. The first-order valence-corrected chi connectivity index (χ1v) is 10.3. The Morgan fingerprint density at radius 1 is 1.07 bits per heavy atom. The lowest BCUT2D eigenvalue weighted by Crippen LogP contribution is -2.51. The van der Waals surface area contributed by atoms with Crippen molar-refractivity contribution < 1.29 is 19.1 Å². The summed E-state index contributed by atoms with van der Waals surface area (Å²) in [6, 6.07) is 9.13. The number of rotatable bonds is 3. The summed E-state index contributed by atoms with van der Waals surface area (Å²) in [5.74, 6) is 1.82. The van der Waals surface area contributed by atoms with Crippen molar-refractivity contribution in [3.8, 4) is 11.5 Å². The van der Waals surface area contributed by atoms with E-state index in [-0.39, 0.29) is 30.9 Å². The number of aromatic nitrogens is 1. The van der Waals surface area contributed by atoms with Crippen molar-refractivity contribution in [1.82, 2.24) is 9.88 Å². The van der Waals surface area contributed by atoms with Gasteiger partial charge in [-0.05, 0) is 24.3 Å². The Hall–Kier alpha value is -3.00. The topological polar surface area (TPSA) is 75.2 Å². The van der Waals surface area contributed by atoms with Gasteiger partial charge in [0.15, 0.2) is 11.5 Å². The quantitative estimate of drug-likeness (QED) is 0.745. The van der Waals surface area contributed by atoms with E-state index in [1.165, 1.54) is 0 Å². The molecule has 0 spiro atoms. The molecule has 0 N–H and O–H groups in total. The molecule has 1 unspecified atom stereocenters. The average Bonchev–Trinajstić information content (AvgIpc) is 3.40. The van der Waals surface area contributed by atoms with Crippen LogP contribution in [0.25, 0.3) is 0 Å². The Kier molecular flexibility index (Phi) is 4.86. The number of pyridine rings is 1. The fraction of sp³-hybridized carbons (Fsp3) is 0.381. The smallest absolute Gasteiger partial charge is 0.231 e. The van der Waals surface area contributed by atoms with Crippen LogP contribution in [0.1, 0.15) is 6.42 Å². The Bertz CT molecular complexity index is 975. The summed E-state index contributed by atoms with van der Waals surface area (Å²) in [6.45, 7) is 3.19. The lowest BCUT2D eigenvalue weighted by atomic mass is 10.1. The molecule has 2 fully saturated rings. The number of benzene rings is 1. The Labute approximate surface area is 178 Å². The molecule has 3 aliphatic rings. The summed E-state index contributed by atoms with van der Waals surface area (Å²) in [7, 11) is 0. The van der Waals surface area contributed by atoms with E-state index in [0.717, 1.165) is 11.5 Å². The zero-order valence-corrected chi connectivity index (χ0v) is 17.0. The van der Waals surface area contributed by atoms with Gasteiger partial charge in [0.05, 0.1) is 10.9 Å². The van der Waals surface area contributed by atoms with Gasteiger partial charge in [0, 0.05) is 57.1 Å². The number of ether oxygens (including phenoxy) is 2. The van der Waals surface area contributed by atoms with E-state index in [9.17, 15) is 9.59 Å². The van der Waals surface area contributed by atoms with Crippen LogP contribution >= 0.6 is 11.6 Å². The fourth-order valence-corrected chi connectivity index (χ4v) is 4.26. The number of hydrogen-bond acceptors (Lipinski definition) is 6. The molecule has 9 heteroatoms. The number of nitrogens with zero attached hydrogens (tertiary/aromatic N) is 4. The SMILES string of the molecule is O=C(C1CC(=O)N(c2ccc3c(c2)OCO3)C1)N1CCN(c2ccc(Cl)cn2)CC1. The van der Waals surface area contributed by atoms with Crippen molar-refractivity contribution >= 4 is 34.9 Å². The predicted molar refractivity (Wildman–Crippen MR) is 111 cm³/mol. The summed E-state index contributed by atoms with van der Waals surface area (Å²) < 4.78 is 10.7. The lowest BCUT2D eigenvalue weighted by Gasteiger charge is -2.36. The van der Waals surface area contributed by atoms with Gasteiger partial charge >= 0.3 is 0 Å². The van der Waals surface area contributed by atoms with E-state index in [1.54, 1.807) is 23.2 Å². The molecule has 5 rings (SSSR count). The molecule has 2 amide bonds. The zero-order chi connectivity index (χ0) is 20.7. The number of hydrogen-bond donors (Lipinski definition) is 0. The van der Waals surface area contributed by atoms with E-state index >= 15 is 0 Å². The summed E-state index contributed by atoms with van der Waals surface area (Å²) in [5, 5.41) is 0.602. The molecular weight excluding hydrogens is 408 g/mol. The largest absolute Gasteiger partial charge is 0.454 e. The Morgan fingerprint density at radius 2 is 1.87 bits per heavy atom. The fourth-order valence-electron chi connectivity index (χ4n) is 4.14. The highest BCUT2D eigenvalue weighted by Gasteiger charge is 2.38. The molecule has 0 bridgehead atoms. The number of amides is 2. The Morgan fingerprint density at radius 3 is 2.63 bits per heavy atom. The molecular formula is C21H21ClN4O4. The van der Waals surface area contributed by atoms with Crippen LogP contribution in [0.5, 0.6) is 11.5 Å². The number of halogens is 1. The van der Waals surface area contributed by atoms with Crippen LogP contribution in [0.15, 0.2) is 36.5 Å². The number of anilines is 2. The second-order valence-corrected chi connectivity index (χ2v) is 8.03. The monoisotopic (exact) mass is 428 g/mol. The lowest BCUT2D eigenvalue weighted by molar-refractivity contribution is -0.136. The zero-order valence-electron chi connectivity index (χ0n) is 16.3. The van der Waals surface area contributed by atoms with Gasteiger partial charge in [-0.3, -0.25) is 9.59 Å². The highest BCUT2D eigenvalue weighted by molar-refractivity contribution is 6.30. The maximum Gasteiger partial charge on any atom is 0.231 e. The molecule has 4 heterocycles. The van der Waals surface area contributed by atoms with Crippen LogP contribution in [0.3, 0.4) is 0 Å².